The van der Waals surface area contributed by atoms with Gasteiger partial charge in [0.25, 0.3) is 0 Å². The molecule has 0 saturated carbocycles. The molecule has 1 aromatic heterocycles. The van der Waals surface area contributed by atoms with Gasteiger partial charge in [-0.1, -0.05) is 12.1 Å². The molecule has 0 unspecified atom stereocenters. The van der Waals surface area contributed by atoms with Crippen LogP contribution in [-0.4, -0.2) is 20.9 Å². The summed E-state index contributed by atoms with van der Waals surface area (Å²) in [5, 5.41) is 13.0. The number of carbonyl (C=O) groups is 1. The van der Waals surface area contributed by atoms with Gasteiger partial charge in [-0.25, -0.2) is 13.9 Å². The number of aromatic nitrogens is 2. The maximum absolute atomic E-state index is 14.1. The van der Waals surface area contributed by atoms with E-state index in [1.54, 1.807) is 12.1 Å². The first-order chi connectivity index (χ1) is 9.41. The molecule has 0 fully saturated rings. The third-order valence-electron chi connectivity index (χ3n) is 3.29. The fourth-order valence-electron chi connectivity index (χ4n) is 1.99. The monoisotopic (exact) mass is 274 g/mol. The topological polar surface area (TPSA) is 55.1 Å². The van der Waals surface area contributed by atoms with Crippen molar-refractivity contribution in [3.63, 3.8) is 0 Å². The Hall–Kier alpha value is -2.43. The number of aliphatic carboxylic acids is 1. The average Bonchev–Trinajstić information content (AvgIpc) is 2.64. The molecule has 1 N–H and O–H groups in total. The SMILES string of the molecule is Cc1nn(-c2c(F)cccc2/C=C/C(=O)O)c(C)c1C. The first kappa shape index (κ1) is 14.0. The summed E-state index contributed by atoms with van der Waals surface area (Å²) in [6.07, 6.45) is 2.35. The van der Waals surface area contributed by atoms with Crippen LogP contribution in [0.4, 0.5) is 4.39 Å². The second kappa shape index (κ2) is 5.28. The molecule has 0 radical (unpaired) electrons. The maximum Gasteiger partial charge on any atom is 0.328 e. The molecule has 0 atom stereocenters. The molecule has 5 heteroatoms. The molecule has 0 spiro atoms. The van der Waals surface area contributed by atoms with E-state index < -0.39 is 11.8 Å². The number of rotatable bonds is 3. The molecule has 0 aliphatic heterocycles. The quantitative estimate of drug-likeness (QED) is 0.875. The molecular weight excluding hydrogens is 259 g/mol. The van der Waals surface area contributed by atoms with Crippen molar-refractivity contribution in [2.75, 3.05) is 0 Å². The molecule has 1 aromatic carbocycles. The van der Waals surface area contributed by atoms with E-state index in [9.17, 15) is 9.18 Å². The lowest BCUT2D eigenvalue weighted by Gasteiger charge is -2.10. The van der Waals surface area contributed by atoms with Crippen molar-refractivity contribution in [1.82, 2.24) is 9.78 Å². The van der Waals surface area contributed by atoms with Gasteiger partial charge in [0, 0.05) is 17.3 Å². The highest BCUT2D eigenvalue weighted by atomic mass is 19.1. The lowest BCUT2D eigenvalue weighted by molar-refractivity contribution is -0.131. The summed E-state index contributed by atoms with van der Waals surface area (Å²) in [6.45, 7) is 5.63. The van der Waals surface area contributed by atoms with Crippen molar-refractivity contribution in [3.8, 4) is 5.69 Å². The van der Waals surface area contributed by atoms with Gasteiger partial charge in [0.15, 0.2) is 0 Å². The molecule has 0 aliphatic rings. The number of hydrogen-bond acceptors (Lipinski definition) is 2. The van der Waals surface area contributed by atoms with Crippen LogP contribution < -0.4 is 0 Å². The minimum Gasteiger partial charge on any atom is -0.478 e. The summed E-state index contributed by atoms with van der Waals surface area (Å²) >= 11 is 0. The van der Waals surface area contributed by atoms with Gasteiger partial charge < -0.3 is 5.11 Å². The van der Waals surface area contributed by atoms with Crippen molar-refractivity contribution in [3.05, 3.63) is 52.6 Å². The predicted octanol–water partition coefficient (Wildman–Crippen LogP) is 3.03. The molecule has 0 bridgehead atoms. The molecule has 0 saturated heterocycles. The number of para-hydroxylation sites is 1. The van der Waals surface area contributed by atoms with Gasteiger partial charge >= 0.3 is 5.97 Å². The zero-order valence-corrected chi connectivity index (χ0v) is 11.5. The second-order valence-electron chi connectivity index (χ2n) is 4.56. The van der Waals surface area contributed by atoms with Crippen LogP contribution in [-0.2, 0) is 4.79 Å². The van der Waals surface area contributed by atoms with Gasteiger partial charge in [0.05, 0.1) is 5.69 Å². The van der Waals surface area contributed by atoms with E-state index in [-0.39, 0.29) is 5.69 Å². The Kier molecular flexibility index (Phi) is 3.70. The largest absolute Gasteiger partial charge is 0.478 e. The van der Waals surface area contributed by atoms with Crippen LogP contribution >= 0.6 is 0 Å². The molecule has 104 valence electrons. The normalized spacial score (nSPS) is 11.2. The van der Waals surface area contributed by atoms with E-state index in [1.807, 2.05) is 20.8 Å². The van der Waals surface area contributed by atoms with Crippen molar-refractivity contribution in [2.45, 2.75) is 20.8 Å². The predicted molar refractivity (Wildman–Crippen MR) is 74.4 cm³/mol. The van der Waals surface area contributed by atoms with E-state index in [4.69, 9.17) is 5.11 Å². The molecular formula is C15H15FN2O2. The number of hydrogen-bond donors (Lipinski definition) is 1. The number of carboxylic acid groups (broad SMARTS) is 1. The summed E-state index contributed by atoms with van der Waals surface area (Å²) < 4.78 is 15.7. The lowest BCUT2D eigenvalue weighted by Crippen LogP contribution is -2.05. The molecule has 0 amide bonds. The minimum absolute atomic E-state index is 0.263. The Balaban J connectivity index is 2.66. The maximum atomic E-state index is 14.1. The number of benzene rings is 1. The fraction of sp³-hybridized carbons (Fsp3) is 0.200. The van der Waals surface area contributed by atoms with Crippen LogP contribution in [0.2, 0.25) is 0 Å². The second-order valence-corrected chi connectivity index (χ2v) is 4.56. The van der Waals surface area contributed by atoms with E-state index >= 15 is 0 Å². The highest BCUT2D eigenvalue weighted by molar-refractivity contribution is 5.86. The van der Waals surface area contributed by atoms with Gasteiger partial charge in [-0.2, -0.15) is 5.10 Å². The van der Waals surface area contributed by atoms with Crippen LogP contribution in [0.15, 0.2) is 24.3 Å². The van der Waals surface area contributed by atoms with Gasteiger partial charge in [-0.05, 0) is 38.5 Å². The molecule has 0 aliphatic carbocycles. The van der Waals surface area contributed by atoms with E-state index in [0.717, 1.165) is 23.0 Å². The summed E-state index contributed by atoms with van der Waals surface area (Å²) in [5.41, 5.74) is 3.37. The van der Waals surface area contributed by atoms with Crippen molar-refractivity contribution in [1.29, 1.82) is 0 Å². The summed E-state index contributed by atoms with van der Waals surface area (Å²) in [7, 11) is 0. The van der Waals surface area contributed by atoms with Gasteiger partial charge in [-0.3, -0.25) is 0 Å². The number of aryl methyl sites for hydroxylation is 1. The third kappa shape index (κ3) is 2.47. The summed E-state index contributed by atoms with van der Waals surface area (Å²) in [5.74, 6) is -1.52. The third-order valence-corrected chi connectivity index (χ3v) is 3.29. The molecule has 20 heavy (non-hydrogen) atoms. The molecule has 4 nitrogen and oxygen atoms in total. The van der Waals surface area contributed by atoms with Gasteiger partial charge in [0.2, 0.25) is 0 Å². The smallest absolute Gasteiger partial charge is 0.328 e. The Morgan fingerprint density at radius 2 is 2.05 bits per heavy atom. The van der Waals surface area contributed by atoms with Crippen molar-refractivity contribution < 1.29 is 14.3 Å². The van der Waals surface area contributed by atoms with E-state index in [2.05, 4.69) is 5.10 Å². The molecule has 2 aromatic rings. The summed E-state index contributed by atoms with van der Waals surface area (Å²) in [6, 6.07) is 4.53. The average molecular weight is 274 g/mol. The van der Waals surface area contributed by atoms with Crippen LogP contribution in [0.5, 0.6) is 0 Å². The number of carboxylic acids is 1. The first-order valence-corrected chi connectivity index (χ1v) is 6.14. The van der Waals surface area contributed by atoms with Crippen molar-refractivity contribution in [2.24, 2.45) is 0 Å². The standard InChI is InChI=1S/C15H15FN2O2/c1-9-10(2)17-18(11(9)3)15-12(7-8-14(19)20)5-4-6-13(15)16/h4-8H,1-3H3,(H,19,20)/b8-7+. The lowest BCUT2D eigenvalue weighted by atomic mass is 10.1. The van der Waals surface area contributed by atoms with Gasteiger partial charge in [0.1, 0.15) is 11.5 Å². The minimum atomic E-state index is -1.08. The first-order valence-electron chi connectivity index (χ1n) is 6.14. The van der Waals surface area contributed by atoms with Crippen LogP contribution in [0.1, 0.15) is 22.5 Å². The van der Waals surface area contributed by atoms with E-state index in [1.165, 1.54) is 16.8 Å². The number of nitrogens with zero attached hydrogens (tertiary/aromatic N) is 2. The molecule has 1 heterocycles. The highest BCUT2D eigenvalue weighted by Gasteiger charge is 2.15. The van der Waals surface area contributed by atoms with Crippen LogP contribution in [0.3, 0.4) is 0 Å². The number of halogens is 1. The Labute approximate surface area is 116 Å². The van der Waals surface area contributed by atoms with E-state index in [0.29, 0.717) is 5.56 Å². The van der Waals surface area contributed by atoms with Crippen molar-refractivity contribution >= 4 is 12.0 Å². The Bertz CT molecular complexity index is 702. The van der Waals surface area contributed by atoms with Crippen LogP contribution in [0.25, 0.3) is 11.8 Å². The zero-order valence-electron chi connectivity index (χ0n) is 11.5. The zero-order chi connectivity index (χ0) is 14.9. The Morgan fingerprint density at radius 3 is 2.60 bits per heavy atom. The highest BCUT2D eigenvalue weighted by Crippen LogP contribution is 2.23. The fourth-order valence-corrected chi connectivity index (χ4v) is 1.99. The van der Waals surface area contributed by atoms with Crippen LogP contribution in [0, 0.1) is 26.6 Å². The Morgan fingerprint density at radius 1 is 1.35 bits per heavy atom. The summed E-state index contributed by atoms with van der Waals surface area (Å²) in [4.78, 5) is 10.6. The molecule has 2 rings (SSSR count). The van der Waals surface area contributed by atoms with Gasteiger partial charge in [-0.15, -0.1) is 0 Å².